The summed E-state index contributed by atoms with van der Waals surface area (Å²) >= 11 is 5.73. The second kappa shape index (κ2) is 3.39. The predicted octanol–water partition coefficient (Wildman–Crippen LogP) is 2.09. The molecule has 0 fully saturated rings. The molecule has 3 heteroatoms. The van der Waals surface area contributed by atoms with E-state index >= 15 is 0 Å². The topological polar surface area (TPSA) is 26.3 Å². The summed E-state index contributed by atoms with van der Waals surface area (Å²) in [5, 5.41) is 0.656. The van der Waals surface area contributed by atoms with E-state index in [0.29, 0.717) is 10.8 Å². The van der Waals surface area contributed by atoms with Crippen LogP contribution in [0.15, 0.2) is 18.2 Å². The molecule has 1 radical (unpaired) electrons. The average molecular weight is 170 g/mol. The molecular formula is C8H6ClO2. The van der Waals surface area contributed by atoms with Gasteiger partial charge >= 0.3 is 6.47 Å². The molecular weight excluding hydrogens is 164 g/mol. The van der Waals surface area contributed by atoms with Gasteiger partial charge in [0.15, 0.2) is 0 Å². The summed E-state index contributed by atoms with van der Waals surface area (Å²) in [5.74, 6) is 0.460. The highest BCUT2D eigenvalue weighted by Gasteiger charge is 1.97. The fraction of sp³-hybridized carbons (Fsp3) is 0.125. The van der Waals surface area contributed by atoms with Crippen molar-refractivity contribution < 1.29 is 9.53 Å². The lowest BCUT2D eigenvalue weighted by Gasteiger charge is -1.99. The van der Waals surface area contributed by atoms with Gasteiger partial charge in [-0.15, -0.1) is 0 Å². The fourth-order valence-corrected chi connectivity index (χ4v) is 0.846. The summed E-state index contributed by atoms with van der Waals surface area (Å²) in [7, 11) is 0. The smallest absolute Gasteiger partial charge is 0.418 e. The molecule has 0 aliphatic rings. The molecule has 0 heterocycles. The summed E-state index contributed by atoms with van der Waals surface area (Å²) < 4.78 is 4.48. The number of carbonyl (C=O) groups excluding carboxylic acids is 1. The van der Waals surface area contributed by atoms with Crippen molar-refractivity contribution >= 4 is 18.1 Å². The van der Waals surface area contributed by atoms with Gasteiger partial charge in [0.05, 0.1) is 0 Å². The standard InChI is InChI=1S/C8H6ClO2/c1-6-4-7(11-5-10)2-3-8(6)9/h2-4H,1H3. The van der Waals surface area contributed by atoms with Crippen LogP contribution in [0.5, 0.6) is 5.75 Å². The summed E-state index contributed by atoms with van der Waals surface area (Å²) in [6.07, 6.45) is 0. The van der Waals surface area contributed by atoms with Crippen LogP contribution >= 0.6 is 11.6 Å². The zero-order valence-corrected chi connectivity index (χ0v) is 6.68. The number of hydrogen-bond donors (Lipinski definition) is 0. The van der Waals surface area contributed by atoms with E-state index in [0.717, 1.165) is 5.56 Å². The van der Waals surface area contributed by atoms with E-state index in [2.05, 4.69) is 4.74 Å². The Morgan fingerprint density at radius 1 is 1.55 bits per heavy atom. The largest absolute Gasteiger partial charge is 0.423 e. The molecule has 0 aliphatic heterocycles. The molecule has 0 bridgehead atoms. The van der Waals surface area contributed by atoms with Gasteiger partial charge in [-0.1, -0.05) is 11.6 Å². The van der Waals surface area contributed by atoms with Crippen LogP contribution in [0, 0.1) is 6.92 Å². The highest BCUT2D eigenvalue weighted by molar-refractivity contribution is 6.31. The Bertz CT molecular complexity index is 271. The first-order valence-electron chi connectivity index (χ1n) is 3.04. The lowest BCUT2D eigenvalue weighted by molar-refractivity contribution is 0.442. The summed E-state index contributed by atoms with van der Waals surface area (Å²) in [4.78, 5) is 9.79. The second-order valence-corrected chi connectivity index (χ2v) is 2.50. The molecule has 0 amide bonds. The molecule has 0 saturated heterocycles. The molecule has 0 atom stereocenters. The molecule has 0 saturated carbocycles. The maximum absolute atomic E-state index is 9.79. The predicted molar refractivity (Wildman–Crippen MR) is 42.5 cm³/mol. The maximum Gasteiger partial charge on any atom is 0.423 e. The number of aryl methyl sites for hydroxylation is 1. The Morgan fingerprint density at radius 3 is 2.82 bits per heavy atom. The van der Waals surface area contributed by atoms with Crippen LogP contribution in [0.1, 0.15) is 5.56 Å². The molecule has 2 nitrogen and oxygen atoms in total. The van der Waals surface area contributed by atoms with E-state index in [4.69, 9.17) is 11.6 Å². The van der Waals surface area contributed by atoms with E-state index in [1.54, 1.807) is 18.2 Å². The minimum Gasteiger partial charge on any atom is -0.418 e. The minimum atomic E-state index is 0.460. The Balaban J connectivity index is 2.95. The van der Waals surface area contributed by atoms with Gasteiger partial charge in [-0.3, -0.25) is 0 Å². The van der Waals surface area contributed by atoms with Crippen molar-refractivity contribution in [2.45, 2.75) is 6.92 Å². The fourth-order valence-electron chi connectivity index (χ4n) is 0.729. The second-order valence-electron chi connectivity index (χ2n) is 2.10. The van der Waals surface area contributed by atoms with Crippen molar-refractivity contribution in [1.82, 2.24) is 0 Å². The van der Waals surface area contributed by atoms with Crippen LogP contribution in [0.25, 0.3) is 0 Å². The van der Waals surface area contributed by atoms with E-state index in [-0.39, 0.29) is 0 Å². The Kier molecular flexibility index (Phi) is 2.49. The van der Waals surface area contributed by atoms with Crippen LogP contribution in [0.3, 0.4) is 0 Å². The van der Waals surface area contributed by atoms with Crippen molar-refractivity contribution in [3.63, 3.8) is 0 Å². The van der Waals surface area contributed by atoms with Crippen LogP contribution < -0.4 is 4.74 Å². The van der Waals surface area contributed by atoms with E-state index in [1.165, 1.54) is 6.47 Å². The number of hydrogen-bond acceptors (Lipinski definition) is 2. The van der Waals surface area contributed by atoms with Crippen molar-refractivity contribution in [1.29, 1.82) is 0 Å². The third-order valence-corrected chi connectivity index (χ3v) is 1.71. The van der Waals surface area contributed by atoms with Gasteiger partial charge in [0.2, 0.25) is 0 Å². The van der Waals surface area contributed by atoms with Crippen LogP contribution in [0.2, 0.25) is 5.02 Å². The minimum absolute atomic E-state index is 0.460. The highest BCUT2D eigenvalue weighted by Crippen LogP contribution is 2.20. The van der Waals surface area contributed by atoms with Crippen molar-refractivity contribution in [3.8, 4) is 5.75 Å². The van der Waals surface area contributed by atoms with Gasteiger partial charge in [0, 0.05) is 5.02 Å². The molecule has 1 aromatic rings. The quantitative estimate of drug-likeness (QED) is 0.678. The lowest BCUT2D eigenvalue weighted by atomic mass is 10.2. The van der Waals surface area contributed by atoms with Crippen molar-refractivity contribution in [2.24, 2.45) is 0 Å². The molecule has 0 N–H and O–H groups in total. The van der Waals surface area contributed by atoms with Gasteiger partial charge in [-0.25, -0.2) is 4.79 Å². The van der Waals surface area contributed by atoms with E-state index < -0.39 is 0 Å². The Labute approximate surface area is 69.7 Å². The Morgan fingerprint density at radius 2 is 2.27 bits per heavy atom. The normalized spacial score (nSPS) is 9.27. The zero-order valence-electron chi connectivity index (χ0n) is 5.93. The van der Waals surface area contributed by atoms with Crippen molar-refractivity contribution in [2.75, 3.05) is 0 Å². The lowest BCUT2D eigenvalue weighted by Crippen LogP contribution is -1.88. The molecule has 0 spiro atoms. The maximum atomic E-state index is 9.79. The summed E-state index contributed by atoms with van der Waals surface area (Å²) in [6.45, 7) is 3.17. The van der Waals surface area contributed by atoms with Gasteiger partial charge in [0.1, 0.15) is 5.75 Å². The van der Waals surface area contributed by atoms with Crippen LogP contribution in [0.4, 0.5) is 0 Å². The van der Waals surface area contributed by atoms with Gasteiger partial charge < -0.3 is 4.74 Å². The van der Waals surface area contributed by atoms with Crippen LogP contribution in [-0.2, 0) is 4.79 Å². The number of ether oxygens (including phenoxy) is 1. The third kappa shape index (κ3) is 1.95. The third-order valence-electron chi connectivity index (χ3n) is 1.29. The molecule has 57 valence electrons. The molecule has 11 heavy (non-hydrogen) atoms. The molecule has 0 aliphatic carbocycles. The SMILES string of the molecule is Cc1cc(O[C]=O)ccc1Cl. The van der Waals surface area contributed by atoms with E-state index in [9.17, 15) is 4.79 Å². The molecule has 0 unspecified atom stereocenters. The van der Waals surface area contributed by atoms with Crippen molar-refractivity contribution in [3.05, 3.63) is 28.8 Å². The molecule has 1 aromatic carbocycles. The van der Waals surface area contributed by atoms with Gasteiger partial charge in [0.25, 0.3) is 0 Å². The van der Waals surface area contributed by atoms with Crippen LogP contribution in [-0.4, -0.2) is 6.47 Å². The average Bonchev–Trinajstić information content (AvgIpc) is 1.98. The molecule has 1 rings (SSSR count). The van der Waals surface area contributed by atoms with E-state index in [1.807, 2.05) is 6.92 Å². The van der Waals surface area contributed by atoms with Gasteiger partial charge in [-0.05, 0) is 30.7 Å². The number of halogens is 1. The monoisotopic (exact) mass is 169 g/mol. The van der Waals surface area contributed by atoms with Gasteiger partial charge in [-0.2, -0.15) is 0 Å². The summed E-state index contributed by atoms with van der Waals surface area (Å²) in [5.41, 5.74) is 0.874. The molecule has 0 aromatic heterocycles. The number of rotatable bonds is 2. The highest BCUT2D eigenvalue weighted by atomic mass is 35.5. The number of benzene rings is 1. The zero-order chi connectivity index (χ0) is 8.27. The summed E-state index contributed by atoms with van der Waals surface area (Å²) in [6, 6.07) is 4.96. The first kappa shape index (κ1) is 8.08. The Hall–Kier alpha value is -1.02. The first-order chi connectivity index (χ1) is 5.24. The first-order valence-corrected chi connectivity index (χ1v) is 3.42.